The summed E-state index contributed by atoms with van der Waals surface area (Å²) in [6.45, 7) is 7.79. The van der Waals surface area contributed by atoms with Gasteiger partial charge in [-0.15, -0.1) is 0 Å². The van der Waals surface area contributed by atoms with Gasteiger partial charge in [0.15, 0.2) is 6.29 Å². The molecule has 1 rings (SSSR count). The molecule has 1 aliphatic rings. The standard InChI is InChI=1S/C59H107NO2/c1-5-8-11-14-17-20-23-26-29-32-35-38-41-44-47-50-53-58-56(51-48-45-42-39-36-33-30-27-24-21-18-15-12-9-6-2)57(61-59(62-58)54-55-60-4)52-49-46-43-40-37-34-31-28-25-22-19-16-13-10-7-3/h17-22,26-31,56-60H,5-16,23-25,32-55H2,1-4H3. The van der Waals surface area contributed by atoms with Crippen LogP contribution in [-0.4, -0.2) is 32.1 Å². The average molecular weight is 863 g/mol. The summed E-state index contributed by atoms with van der Waals surface area (Å²) >= 11 is 0. The van der Waals surface area contributed by atoms with E-state index < -0.39 is 0 Å². The number of unbranched alkanes of at least 4 members (excludes halogenated alkanes) is 25. The van der Waals surface area contributed by atoms with Crippen LogP contribution in [0.3, 0.4) is 0 Å². The van der Waals surface area contributed by atoms with Gasteiger partial charge in [0.05, 0.1) is 12.2 Å². The van der Waals surface area contributed by atoms with Crippen molar-refractivity contribution in [1.29, 1.82) is 0 Å². The summed E-state index contributed by atoms with van der Waals surface area (Å²) in [6.07, 6.45) is 77.9. The zero-order valence-corrected chi connectivity index (χ0v) is 42.1. The highest BCUT2D eigenvalue weighted by Crippen LogP contribution is 2.36. The van der Waals surface area contributed by atoms with Gasteiger partial charge in [0.1, 0.15) is 0 Å². The van der Waals surface area contributed by atoms with Crippen LogP contribution in [0.4, 0.5) is 0 Å². The first-order chi connectivity index (χ1) is 30.8. The van der Waals surface area contributed by atoms with E-state index in [0.29, 0.717) is 18.1 Å². The predicted molar refractivity (Wildman–Crippen MR) is 278 cm³/mol. The summed E-state index contributed by atoms with van der Waals surface area (Å²) < 4.78 is 13.7. The molecule has 1 N–H and O–H groups in total. The highest BCUT2D eigenvalue weighted by molar-refractivity contribution is 4.94. The van der Waals surface area contributed by atoms with E-state index >= 15 is 0 Å². The summed E-state index contributed by atoms with van der Waals surface area (Å²) in [6, 6.07) is 0. The molecule has 1 saturated heterocycles. The van der Waals surface area contributed by atoms with Crippen molar-refractivity contribution in [2.45, 2.75) is 283 Å². The Morgan fingerprint density at radius 3 is 0.935 bits per heavy atom. The van der Waals surface area contributed by atoms with Crippen LogP contribution in [0.15, 0.2) is 72.9 Å². The van der Waals surface area contributed by atoms with Gasteiger partial charge in [0.2, 0.25) is 0 Å². The first kappa shape index (κ1) is 58.3. The second-order valence-corrected chi connectivity index (χ2v) is 18.7. The molecule has 0 aromatic carbocycles. The Hall–Kier alpha value is -1.68. The maximum atomic E-state index is 6.86. The molecule has 1 aliphatic heterocycles. The molecule has 0 aliphatic carbocycles. The summed E-state index contributed by atoms with van der Waals surface area (Å²) in [4.78, 5) is 0. The topological polar surface area (TPSA) is 30.5 Å². The molecular formula is C59H107NO2. The van der Waals surface area contributed by atoms with Crippen LogP contribution in [0.2, 0.25) is 0 Å². The van der Waals surface area contributed by atoms with Crippen LogP contribution in [0.25, 0.3) is 0 Å². The molecule has 1 heterocycles. The van der Waals surface area contributed by atoms with E-state index in [9.17, 15) is 0 Å². The Morgan fingerprint density at radius 1 is 0.323 bits per heavy atom. The average Bonchev–Trinajstić information content (AvgIpc) is 3.28. The lowest BCUT2D eigenvalue weighted by Crippen LogP contribution is -2.47. The van der Waals surface area contributed by atoms with E-state index in [4.69, 9.17) is 9.47 Å². The van der Waals surface area contributed by atoms with Crippen LogP contribution < -0.4 is 5.32 Å². The van der Waals surface area contributed by atoms with Gasteiger partial charge in [-0.3, -0.25) is 0 Å². The van der Waals surface area contributed by atoms with Crippen molar-refractivity contribution in [3.63, 3.8) is 0 Å². The van der Waals surface area contributed by atoms with Gasteiger partial charge in [-0.2, -0.15) is 0 Å². The van der Waals surface area contributed by atoms with Crippen LogP contribution in [0.1, 0.15) is 265 Å². The highest BCUT2D eigenvalue weighted by atomic mass is 16.7. The van der Waals surface area contributed by atoms with Crippen LogP contribution in [0, 0.1) is 5.92 Å². The van der Waals surface area contributed by atoms with Crippen molar-refractivity contribution in [3.8, 4) is 0 Å². The molecule has 0 amide bonds. The highest BCUT2D eigenvalue weighted by Gasteiger charge is 2.38. The quantitative estimate of drug-likeness (QED) is 0.0489. The lowest BCUT2D eigenvalue weighted by Gasteiger charge is -2.43. The Bertz CT molecular complexity index is 1070. The van der Waals surface area contributed by atoms with Gasteiger partial charge in [0.25, 0.3) is 0 Å². The zero-order valence-electron chi connectivity index (χ0n) is 42.1. The molecular weight excluding hydrogens is 755 g/mol. The molecule has 1 fully saturated rings. The monoisotopic (exact) mass is 862 g/mol. The molecule has 0 aromatic heterocycles. The Morgan fingerprint density at radius 2 is 0.613 bits per heavy atom. The van der Waals surface area contributed by atoms with E-state index in [2.05, 4.69) is 106 Å². The van der Waals surface area contributed by atoms with Crippen molar-refractivity contribution in [2.75, 3.05) is 13.6 Å². The fourth-order valence-corrected chi connectivity index (χ4v) is 8.88. The SMILES string of the molecule is CCCCCC=CCC=CCCCCCCCCC1OC(CCNC)OC(CCCCCCCC=CCC=CCCCCC)C1CCCCCCCC=CCC=CCCCCC. The Kier molecular flexibility index (Phi) is 45.9. The molecule has 3 nitrogen and oxygen atoms in total. The lowest BCUT2D eigenvalue weighted by atomic mass is 9.83. The first-order valence-electron chi connectivity index (χ1n) is 27.6. The third kappa shape index (κ3) is 38.8. The number of ether oxygens (including phenoxy) is 2. The number of allylic oxidation sites excluding steroid dienone is 12. The maximum Gasteiger partial charge on any atom is 0.159 e. The van der Waals surface area contributed by atoms with E-state index in [1.807, 2.05) is 0 Å². The van der Waals surface area contributed by atoms with Gasteiger partial charge in [-0.1, -0.05) is 216 Å². The van der Waals surface area contributed by atoms with Crippen LogP contribution >= 0.6 is 0 Å². The van der Waals surface area contributed by atoms with Gasteiger partial charge in [-0.25, -0.2) is 0 Å². The Balaban J connectivity index is 2.55. The number of hydrogen-bond acceptors (Lipinski definition) is 3. The molecule has 0 radical (unpaired) electrons. The molecule has 3 heteroatoms. The lowest BCUT2D eigenvalue weighted by molar-refractivity contribution is -0.273. The minimum atomic E-state index is -0.0547. The third-order valence-corrected chi connectivity index (χ3v) is 12.9. The minimum absolute atomic E-state index is 0.0547. The third-order valence-electron chi connectivity index (χ3n) is 12.9. The number of nitrogens with one attached hydrogen (secondary N) is 1. The van der Waals surface area contributed by atoms with E-state index in [1.54, 1.807) is 0 Å². The van der Waals surface area contributed by atoms with E-state index in [-0.39, 0.29) is 6.29 Å². The second kappa shape index (κ2) is 48.8. The van der Waals surface area contributed by atoms with Gasteiger partial charge in [-0.05, 0) is 129 Å². The number of rotatable bonds is 46. The van der Waals surface area contributed by atoms with Gasteiger partial charge >= 0.3 is 0 Å². The maximum absolute atomic E-state index is 6.86. The van der Waals surface area contributed by atoms with Crippen molar-refractivity contribution in [2.24, 2.45) is 5.92 Å². The molecule has 0 saturated carbocycles. The van der Waals surface area contributed by atoms with Crippen molar-refractivity contribution >= 4 is 0 Å². The Labute approximate surface area is 389 Å². The van der Waals surface area contributed by atoms with Crippen molar-refractivity contribution in [3.05, 3.63) is 72.9 Å². The molecule has 0 aromatic rings. The molecule has 4 atom stereocenters. The predicted octanol–water partition coefficient (Wildman–Crippen LogP) is 19.2. The summed E-state index contributed by atoms with van der Waals surface area (Å²) in [7, 11) is 2.05. The second-order valence-electron chi connectivity index (χ2n) is 18.7. The molecule has 0 bridgehead atoms. The summed E-state index contributed by atoms with van der Waals surface area (Å²) in [5, 5.41) is 3.36. The summed E-state index contributed by atoms with van der Waals surface area (Å²) in [5.41, 5.74) is 0. The zero-order chi connectivity index (χ0) is 44.5. The van der Waals surface area contributed by atoms with Gasteiger partial charge in [0, 0.05) is 12.3 Å². The smallest absolute Gasteiger partial charge is 0.159 e. The fourth-order valence-electron chi connectivity index (χ4n) is 8.88. The van der Waals surface area contributed by atoms with Crippen molar-refractivity contribution in [1.82, 2.24) is 5.32 Å². The number of hydrogen-bond donors (Lipinski definition) is 1. The molecule has 360 valence electrons. The molecule has 4 unspecified atom stereocenters. The summed E-state index contributed by atoms with van der Waals surface area (Å²) in [5.74, 6) is 0.544. The normalized spacial score (nSPS) is 18.8. The van der Waals surface area contributed by atoms with E-state index in [0.717, 1.165) is 32.2 Å². The molecule has 62 heavy (non-hydrogen) atoms. The fraction of sp³-hybridized carbons (Fsp3) is 0.797. The largest absolute Gasteiger partial charge is 0.349 e. The minimum Gasteiger partial charge on any atom is -0.349 e. The first-order valence-corrected chi connectivity index (χ1v) is 27.6. The van der Waals surface area contributed by atoms with Crippen molar-refractivity contribution < 1.29 is 9.47 Å². The molecule has 0 spiro atoms. The van der Waals surface area contributed by atoms with Crippen LogP contribution in [0.5, 0.6) is 0 Å². The van der Waals surface area contributed by atoms with Crippen LogP contribution in [-0.2, 0) is 9.47 Å². The van der Waals surface area contributed by atoms with Gasteiger partial charge < -0.3 is 14.8 Å². The van der Waals surface area contributed by atoms with E-state index in [1.165, 1.54) is 218 Å².